The summed E-state index contributed by atoms with van der Waals surface area (Å²) in [5.74, 6) is 0. The Labute approximate surface area is 54.4 Å². The second-order valence-electron chi connectivity index (χ2n) is 1.46. The smallest absolute Gasteiger partial charge is 0.182 e. The fraction of sp³-hybridized carbons (Fsp3) is 0.333. The van der Waals surface area contributed by atoms with E-state index in [4.69, 9.17) is 10.8 Å². The molecule has 0 spiro atoms. The van der Waals surface area contributed by atoms with Crippen molar-refractivity contribution >= 4 is 0 Å². The largest absolute Gasteiger partial charge is 0.364 e. The van der Waals surface area contributed by atoms with Crippen LogP contribution in [0.25, 0.3) is 0 Å². The molecule has 1 atom stereocenters. The average molecular weight is 129 g/mol. The molecule has 0 unspecified atom stereocenters. The van der Waals surface area contributed by atoms with Crippen LogP contribution in [0.2, 0.25) is 0 Å². The first-order valence-electron chi connectivity index (χ1n) is 2.53. The molecule has 0 aromatic heterocycles. The molecule has 0 bridgehead atoms. The monoisotopic (exact) mass is 129 g/mol. The molecule has 0 aliphatic heterocycles. The molecule has 0 aromatic rings. The summed E-state index contributed by atoms with van der Waals surface area (Å²) in [6.45, 7) is 6.81. The third kappa shape index (κ3) is 3.03. The van der Waals surface area contributed by atoms with Crippen LogP contribution in [0.4, 0.5) is 0 Å². The summed E-state index contributed by atoms with van der Waals surface area (Å²) in [7, 11) is 0. The summed E-state index contributed by atoms with van der Waals surface area (Å²) < 4.78 is 4.56. The Hall–Kier alpha value is -0.640. The van der Waals surface area contributed by atoms with E-state index in [2.05, 4.69) is 17.9 Å². The van der Waals surface area contributed by atoms with E-state index in [0.717, 1.165) is 0 Å². The zero-order valence-electron chi connectivity index (χ0n) is 5.21. The van der Waals surface area contributed by atoms with Crippen LogP contribution >= 0.6 is 0 Å². The highest BCUT2D eigenvalue weighted by Crippen LogP contribution is 1.99. The number of hydrogen-bond donors (Lipinski definition) is 2. The Morgan fingerprint density at radius 3 is 2.78 bits per heavy atom. The van der Waals surface area contributed by atoms with Crippen LogP contribution in [0.3, 0.4) is 0 Å². The minimum absolute atomic E-state index is 0.0198. The lowest BCUT2D eigenvalue weighted by molar-refractivity contribution is -0.0671. The molecule has 52 valence electrons. The summed E-state index contributed by atoms with van der Waals surface area (Å²) in [5.41, 5.74) is 5.38. The van der Waals surface area contributed by atoms with Gasteiger partial charge < -0.3 is 15.6 Å². The third-order valence-corrected chi connectivity index (χ3v) is 0.833. The number of nitrogens with two attached hydrogens (primary N) is 1. The van der Waals surface area contributed by atoms with Crippen LogP contribution in [0.5, 0.6) is 0 Å². The maximum atomic E-state index is 8.84. The van der Waals surface area contributed by atoms with Crippen LogP contribution in [-0.2, 0) is 4.74 Å². The predicted octanol–water partition coefficient (Wildman–Crippen LogP) is -0.0202. The molecule has 0 aliphatic carbocycles. The molecule has 0 radical (unpaired) electrons. The van der Waals surface area contributed by atoms with Gasteiger partial charge in [-0.05, 0) is 5.57 Å². The van der Waals surface area contributed by atoms with E-state index < -0.39 is 6.29 Å². The Bertz CT molecular complexity index is 112. The zero-order valence-corrected chi connectivity index (χ0v) is 5.21. The first-order valence-corrected chi connectivity index (χ1v) is 2.53. The van der Waals surface area contributed by atoms with Gasteiger partial charge in [-0.15, -0.1) is 0 Å². The summed E-state index contributed by atoms with van der Waals surface area (Å²) in [4.78, 5) is 0. The van der Waals surface area contributed by atoms with Gasteiger partial charge in [-0.2, -0.15) is 0 Å². The van der Waals surface area contributed by atoms with Crippen LogP contribution < -0.4 is 5.73 Å². The molecule has 0 saturated heterocycles. The van der Waals surface area contributed by atoms with Gasteiger partial charge in [0, 0.05) is 0 Å². The van der Waals surface area contributed by atoms with Crippen LogP contribution in [-0.4, -0.2) is 18.1 Å². The van der Waals surface area contributed by atoms with Crippen molar-refractivity contribution in [2.45, 2.75) is 6.29 Å². The summed E-state index contributed by atoms with van der Waals surface area (Å²) in [6, 6.07) is 0. The average Bonchev–Trinajstić information content (AvgIpc) is 1.87. The fourth-order valence-electron chi connectivity index (χ4n) is 0.299. The molecule has 0 amide bonds. The molecular weight excluding hydrogens is 118 g/mol. The molecule has 0 heterocycles. The second-order valence-corrected chi connectivity index (χ2v) is 1.46. The Balaban J connectivity index is 3.58. The van der Waals surface area contributed by atoms with Crippen LogP contribution in [0.15, 0.2) is 24.8 Å². The normalized spacial score (nSPS) is 12.7. The second kappa shape index (κ2) is 4.26. The number of ether oxygens (including phenoxy) is 1. The van der Waals surface area contributed by atoms with E-state index in [-0.39, 0.29) is 6.73 Å². The van der Waals surface area contributed by atoms with E-state index >= 15 is 0 Å². The topological polar surface area (TPSA) is 55.5 Å². The summed E-state index contributed by atoms with van der Waals surface area (Å²) in [6.07, 6.45) is 0.410. The van der Waals surface area contributed by atoms with Crippen molar-refractivity contribution in [2.75, 3.05) is 6.73 Å². The minimum atomic E-state index is -1.01. The number of aliphatic hydroxyl groups excluding tert-OH is 1. The number of aliphatic hydroxyl groups is 1. The lowest BCUT2D eigenvalue weighted by Crippen LogP contribution is -2.17. The van der Waals surface area contributed by atoms with Gasteiger partial charge in [0.1, 0.15) is 0 Å². The quantitative estimate of drug-likeness (QED) is 0.414. The van der Waals surface area contributed by atoms with Gasteiger partial charge in [0.2, 0.25) is 0 Å². The van der Waals surface area contributed by atoms with Gasteiger partial charge in [-0.1, -0.05) is 19.2 Å². The van der Waals surface area contributed by atoms with E-state index in [1.165, 1.54) is 6.08 Å². The van der Waals surface area contributed by atoms with Crippen LogP contribution in [0, 0.1) is 0 Å². The van der Waals surface area contributed by atoms with Crippen molar-refractivity contribution in [2.24, 2.45) is 5.73 Å². The molecule has 3 heteroatoms. The van der Waals surface area contributed by atoms with Crippen molar-refractivity contribution in [1.29, 1.82) is 0 Å². The molecule has 0 rings (SSSR count). The highest BCUT2D eigenvalue weighted by atomic mass is 16.6. The fourth-order valence-corrected chi connectivity index (χ4v) is 0.299. The van der Waals surface area contributed by atoms with Crippen molar-refractivity contribution < 1.29 is 9.84 Å². The molecule has 0 aromatic carbocycles. The van der Waals surface area contributed by atoms with Crippen molar-refractivity contribution in [1.82, 2.24) is 0 Å². The van der Waals surface area contributed by atoms with Crippen molar-refractivity contribution in [3.05, 3.63) is 24.8 Å². The Kier molecular flexibility index (Phi) is 3.96. The van der Waals surface area contributed by atoms with Crippen molar-refractivity contribution in [3.8, 4) is 0 Å². The molecular formula is C6H11NO2. The Morgan fingerprint density at radius 2 is 2.44 bits per heavy atom. The maximum absolute atomic E-state index is 8.84. The number of rotatable bonds is 4. The molecule has 0 aliphatic rings. The van der Waals surface area contributed by atoms with Crippen LogP contribution in [0.1, 0.15) is 0 Å². The molecule has 3 N–H and O–H groups in total. The highest BCUT2D eigenvalue weighted by molar-refractivity contribution is 5.13. The van der Waals surface area contributed by atoms with E-state index in [1.54, 1.807) is 0 Å². The van der Waals surface area contributed by atoms with Gasteiger partial charge in [-0.25, -0.2) is 0 Å². The molecule has 3 nitrogen and oxygen atoms in total. The standard InChI is InChI=1S/C6H11NO2/c1-3-5(2)6(8)9-4-7/h3,6,8H,1-2,4,7H2/t6-/m0/s1. The third-order valence-electron chi connectivity index (χ3n) is 0.833. The molecule has 0 saturated carbocycles. The van der Waals surface area contributed by atoms with Crippen molar-refractivity contribution in [3.63, 3.8) is 0 Å². The predicted molar refractivity (Wildman–Crippen MR) is 35.5 cm³/mol. The first kappa shape index (κ1) is 8.36. The zero-order chi connectivity index (χ0) is 7.28. The first-order chi connectivity index (χ1) is 4.22. The molecule has 0 fully saturated rings. The van der Waals surface area contributed by atoms with Gasteiger partial charge in [-0.3, -0.25) is 0 Å². The summed E-state index contributed by atoms with van der Waals surface area (Å²) >= 11 is 0. The van der Waals surface area contributed by atoms with Gasteiger partial charge in [0.25, 0.3) is 0 Å². The van der Waals surface area contributed by atoms with Gasteiger partial charge in [0.15, 0.2) is 6.29 Å². The lowest BCUT2D eigenvalue weighted by atomic mass is 10.3. The maximum Gasteiger partial charge on any atom is 0.182 e. The van der Waals surface area contributed by atoms with E-state index in [0.29, 0.717) is 5.57 Å². The van der Waals surface area contributed by atoms with E-state index in [1.807, 2.05) is 0 Å². The minimum Gasteiger partial charge on any atom is -0.364 e. The SMILES string of the molecule is C=CC(=C)[C@@H](O)OCN. The summed E-state index contributed by atoms with van der Waals surface area (Å²) in [5, 5.41) is 8.84. The lowest BCUT2D eigenvalue weighted by Gasteiger charge is -2.08. The van der Waals surface area contributed by atoms with Gasteiger partial charge >= 0.3 is 0 Å². The van der Waals surface area contributed by atoms with E-state index in [9.17, 15) is 0 Å². The highest BCUT2D eigenvalue weighted by Gasteiger charge is 2.02. The van der Waals surface area contributed by atoms with Gasteiger partial charge in [0.05, 0.1) is 6.73 Å². The molecule has 9 heavy (non-hydrogen) atoms. The Morgan fingerprint density at radius 1 is 1.89 bits per heavy atom. The number of hydrogen-bond acceptors (Lipinski definition) is 3.